The number of amides is 1. The summed E-state index contributed by atoms with van der Waals surface area (Å²) in [6.07, 6.45) is 1.57. The number of hydrogen-bond donors (Lipinski definition) is 1. The molecule has 0 aliphatic rings. The number of hydrogen-bond acceptors (Lipinski definition) is 5. The number of thioether (sulfide) groups is 1. The Labute approximate surface area is 156 Å². The van der Waals surface area contributed by atoms with Crippen molar-refractivity contribution in [2.24, 2.45) is 5.92 Å². The third-order valence-corrected chi connectivity index (χ3v) is 6.18. The minimum atomic E-state index is 0.0384. The lowest BCUT2D eigenvalue weighted by atomic mass is 10.1. The van der Waals surface area contributed by atoms with Gasteiger partial charge in [0, 0.05) is 16.3 Å². The number of rotatable bonds is 6. The van der Waals surface area contributed by atoms with Gasteiger partial charge >= 0.3 is 0 Å². The number of nitrogens with one attached hydrogen (secondary N) is 1. The van der Waals surface area contributed by atoms with Crippen LogP contribution in [0, 0.1) is 5.92 Å². The molecule has 0 unspecified atom stereocenters. The van der Waals surface area contributed by atoms with Crippen LogP contribution in [0.1, 0.15) is 20.8 Å². The van der Waals surface area contributed by atoms with Crippen molar-refractivity contribution < 1.29 is 4.79 Å². The van der Waals surface area contributed by atoms with Crippen LogP contribution in [0.4, 0.5) is 0 Å². The van der Waals surface area contributed by atoms with Crippen molar-refractivity contribution in [1.29, 1.82) is 0 Å². The number of carbonyl (C=O) groups is 1. The van der Waals surface area contributed by atoms with Crippen LogP contribution < -0.4 is 5.32 Å². The first-order valence-corrected chi connectivity index (χ1v) is 10.1. The molecule has 1 atom stereocenters. The molecule has 0 spiro atoms. The van der Waals surface area contributed by atoms with Gasteiger partial charge in [-0.25, -0.2) is 9.97 Å². The average Bonchev–Trinajstić information content (AvgIpc) is 3.05. The van der Waals surface area contributed by atoms with Crippen molar-refractivity contribution in [3.8, 4) is 10.4 Å². The van der Waals surface area contributed by atoms with Crippen LogP contribution in [0.2, 0.25) is 0 Å². The van der Waals surface area contributed by atoms with Crippen molar-refractivity contribution in [3.05, 3.63) is 42.7 Å². The molecule has 1 amide bonds. The average molecular weight is 372 g/mol. The summed E-state index contributed by atoms with van der Waals surface area (Å²) in [6, 6.07) is 12.5. The maximum absolute atomic E-state index is 12.1. The quantitative estimate of drug-likeness (QED) is 0.508. The fourth-order valence-electron chi connectivity index (χ4n) is 2.29. The summed E-state index contributed by atoms with van der Waals surface area (Å²) in [5.41, 5.74) is 1.17. The van der Waals surface area contributed by atoms with Crippen LogP contribution >= 0.6 is 23.1 Å². The zero-order chi connectivity index (χ0) is 17.8. The highest BCUT2D eigenvalue weighted by atomic mass is 32.2. The molecule has 0 aliphatic carbocycles. The van der Waals surface area contributed by atoms with Crippen LogP contribution in [0.5, 0.6) is 0 Å². The molecule has 1 aromatic carbocycles. The molecule has 2 aromatic heterocycles. The zero-order valence-corrected chi connectivity index (χ0v) is 16.2. The van der Waals surface area contributed by atoms with Gasteiger partial charge in [-0.05, 0) is 24.5 Å². The summed E-state index contributed by atoms with van der Waals surface area (Å²) in [4.78, 5) is 23.0. The predicted octanol–water partition coefficient (Wildman–Crippen LogP) is 4.61. The maximum Gasteiger partial charge on any atom is 0.230 e. The Morgan fingerprint density at radius 1 is 1.20 bits per heavy atom. The molecular weight excluding hydrogens is 350 g/mol. The summed E-state index contributed by atoms with van der Waals surface area (Å²) in [5, 5.41) is 4.90. The second-order valence-corrected chi connectivity index (χ2v) is 8.26. The van der Waals surface area contributed by atoms with Gasteiger partial charge in [-0.3, -0.25) is 4.79 Å². The van der Waals surface area contributed by atoms with Gasteiger partial charge in [-0.15, -0.1) is 11.3 Å². The van der Waals surface area contributed by atoms with E-state index in [1.165, 1.54) is 17.3 Å². The van der Waals surface area contributed by atoms with E-state index in [-0.39, 0.29) is 11.9 Å². The van der Waals surface area contributed by atoms with Crippen LogP contribution in [-0.4, -0.2) is 27.7 Å². The summed E-state index contributed by atoms with van der Waals surface area (Å²) in [6.45, 7) is 6.23. The van der Waals surface area contributed by atoms with Crippen LogP contribution in [0.3, 0.4) is 0 Å². The fraction of sp³-hybridized carbons (Fsp3) is 0.316. The van der Waals surface area contributed by atoms with E-state index in [1.807, 2.05) is 25.1 Å². The first kappa shape index (κ1) is 17.9. The van der Waals surface area contributed by atoms with Gasteiger partial charge in [0.2, 0.25) is 5.91 Å². The van der Waals surface area contributed by atoms with Crippen LogP contribution in [0.25, 0.3) is 20.7 Å². The summed E-state index contributed by atoms with van der Waals surface area (Å²) >= 11 is 3.11. The Bertz CT molecular complexity index is 861. The van der Waals surface area contributed by atoms with Crippen LogP contribution in [0.15, 0.2) is 47.8 Å². The van der Waals surface area contributed by atoms with Gasteiger partial charge in [0.05, 0.1) is 5.75 Å². The second kappa shape index (κ2) is 7.97. The van der Waals surface area contributed by atoms with Crippen LogP contribution in [-0.2, 0) is 4.79 Å². The highest BCUT2D eigenvalue weighted by Gasteiger charge is 2.14. The molecule has 25 heavy (non-hydrogen) atoms. The molecule has 130 valence electrons. The van der Waals surface area contributed by atoms with E-state index in [9.17, 15) is 4.79 Å². The van der Waals surface area contributed by atoms with Crippen molar-refractivity contribution in [2.75, 3.05) is 5.75 Å². The Balaban J connectivity index is 1.76. The lowest BCUT2D eigenvalue weighted by Gasteiger charge is -2.17. The smallest absolute Gasteiger partial charge is 0.230 e. The van der Waals surface area contributed by atoms with E-state index in [0.29, 0.717) is 11.7 Å². The number of fused-ring (bicyclic) bond motifs is 1. The molecule has 0 saturated carbocycles. The molecule has 1 N–H and O–H groups in total. The van der Waals surface area contributed by atoms with Gasteiger partial charge in [0.25, 0.3) is 0 Å². The number of thiophene rings is 1. The summed E-state index contributed by atoms with van der Waals surface area (Å²) in [7, 11) is 0. The molecule has 0 fully saturated rings. The molecule has 3 rings (SSSR count). The SMILES string of the molecule is CC(C)[C@H](C)NC(=O)CSc1ncnc2sc(-c3ccccc3)cc12. The first-order chi connectivity index (χ1) is 12.0. The number of nitrogens with zero attached hydrogens (tertiary/aromatic N) is 2. The van der Waals surface area contributed by atoms with Crippen molar-refractivity contribution in [1.82, 2.24) is 15.3 Å². The molecule has 0 aliphatic heterocycles. The predicted molar refractivity (Wildman–Crippen MR) is 106 cm³/mol. The highest BCUT2D eigenvalue weighted by molar-refractivity contribution is 8.00. The molecule has 0 bridgehead atoms. The Morgan fingerprint density at radius 3 is 2.68 bits per heavy atom. The van der Waals surface area contributed by atoms with Gasteiger partial charge < -0.3 is 5.32 Å². The van der Waals surface area contributed by atoms with Crippen molar-refractivity contribution in [2.45, 2.75) is 31.8 Å². The molecule has 0 radical (unpaired) electrons. The van der Waals surface area contributed by atoms with E-state index < -0.39 is 0 Å². The first-order valence-electron chi connectivity index (χ1n) is 8.26. The Hall–Kier alpha value is -1.92. The minimum absolute atomic E-state index is 0.0384. The molecular formula is C19H21N3OS2. The second-order valence-electron chi connectivity index (χ2n) is 6.26. The van der Waals surface area contributed by atoms with Gasteiger partial charge in [0.1, 0.15) is 16.2 Å². The summed E-state index contributed by atoms with van der Waals surface area (Å²) < 4.78 is 0. The summed E-state index contributed by atoms with van der Waals surface area (Å²) in [5.74, 6) is 0.821. The zero-order valence-electron chi connectivity index (χ0n) is 14.5. The minimum Gasteiger partial charge on any atom is -0.353 e. The highest BCUT2D eigenvalue weighted by Crippen LogP contribution is 2.35. The van der Waals surface area contributed by atoms with Crippen molar-refractivity contribution in [3.63, 3.8) is 0 Å². The normalized spacial score (nSPS) is 12.5. The largest absolute Gasteiger partial charge is 0.353 e. The third kappa shape index (κ3) is 4.38. The Kier molecular flexibility index (Phi) is 5.71. The molecule has 4 nitrogen and oxygen atoms in total. The molecule has 6 heteroatoms. The monoisotopic (exact) mass is 371 g/mol. The lowest BCUT2D eigenvalue weighted by Crippen LogP contribution is -2.37. The number of benzene rings is 1. The Morgan fingerprint density at radius 2 is 1.96 bits per heavy atom. The van der Waals surface area contributed by atoms with Gasteiger partial charge in [-0.2, -0.15) is 0 Å². The maximum atomic E-state index is 12.1. The molecule has 3 aromatic rings. The van der Waals surface area contributed by atoms with E-state index in [0.717, 1.165) is 20.1 Å². The lowest BCUT2D eigenvalue weighted by molar-refractivity contribution is -0.119. The van der Waals surface area contributed by atoms with Gasteiger partial charge in [-0.1, -0.05) is 55.9 Å². The standard InChI is InChI=1S/C19H21N3OS2/c1-12(2)13(3)22-17(23)10-24-18-15-9-16(14-7-5-4-6-8-14)25-19(15)21-11-20-18/h4-9,11-13H,10H2,1-3H3,(H,22,23)/t13-/m0/s1. The fourth-order valence-corrected chi connectivity index (χ4v) is 4.14. The van der Waals surface area contributed by atoms with E-state index in [1.54, 1.807) is 17.7 Å². The molecule has 2 heterocycles. The van der Waals surface area contributed by atoms with E-state index in [2.05, 4.69) is 47.3 Å². The number of carbonyl (C=O) groups excluding carboxylic acids is 1. The van der Waals surface area contributed by atoms with Crippen molar-refractivity contribution >= 4 is 39.2 Å². The van der Waals surface area contributed by atoms with E-state index in [4.69, 9.17) is 0 Å². The van der Waals surface area contributed by atoms with Gasteiger partial charge in [0.15, 0.2) is 0 Å². The topological polar surface area (TPSA) is 54.9 Å². The van der Waals surface area contributed by atoms with E-state index >= 15 is 0 Å². The molecule has 0 saturated heterocycles. The third-order valence-electron chi connectivity index (χ3n) is 4.08. The number of aromatic nitrogens is 2.